The summed E-state index contributed by atoms with van der Waals surface area (Å²) < 4.78 is 0. The molecule has 5 heteroatoms. The van der Waals surface area contributed by atoms with E-state index in [-0.39, 0.29) is 6.03 Å². The van der Waals surface area contributed by atoms with Gasteiger partial charge in [0.05, 0.1) is 0 Å². The lowest BCUT2D eigenvalue weighted by molar-refractivity contribution is 0.216. The summed E-state index contributed by atoms with van der Waals surface area (Å²) in [6.45, 7) is 7.66. The highest BCUT2D eigenvalue weighted by atomic mass is 32.1. The SMILES string of the molecule is CC(C)C(NCCN1CCNC1=O)c1cccs1. The second-order valence-electron chi connectivity index (χ2n) is 4.91. The zero-order valence-electron chi connectivity index (χ0n) is 11.0. The lowest BCUT2D eigenvalue weighted by Crippen LogP contribution is -2.36. The molecule has 1 aromatic rings. The predicted octanol–water partition coefficient (Wildman–Crippen LogP) is 2.06. The van der Waals surface area contributed by atoms with Gasteiger partial charge in [-0.2, -0.15) is 0 Å². The van der Waals surface area contributed by atoms with Crippen LogP contribution in [0.1, 0.15) is 24.8 Å². The fourth-order valence-corrected chi connectivity index (χ4v) is 3.19. The van der Waals surface area contributed by atoms with Crippen molar-refractivity contribution >= 4 is 17.4 Å². The number of hydrogen-bond acceptors (Lipinski definition) is 3. The summed E-state index contributed by atoms with van der Waals surface area (Å²) in [6, 6.07) is 4.71. The van der Waals surface area contributed by atoms with Gasteiger partial charge in [-0.15, -0.1) is 11.3 Å². The molecule has 18 heavy (non-hydrogen) atoms. The Morgan fingerprint density at radius 1 is 1.56 bits per heavy atom. The first kappa shape index (κ1) is 13.4. The highest BCUT2D eigenvalue weighted by molar-refractivity contribution is 7.10. The van der Waals surface area contributed by atoms with Gasteiger partial charge in [-0.05, 0) is 17.4 Å². The van der Waals surface area contributed by atoms with Crippen LogP contribution in [0.2, 0.25) is 0 Å². The molecule has 0 spiro atoms. The smallest absolute Gasteiger partial charge is 0.317 e. The monoisotopic (exact) mass is 267 g/mol. The molecule has 2 N–H and O–H groups in total. The van der Waals surface area contributed by atoms with Crippen molar-refractivity contribution in [1.29, 1.82) is 0 Å². The summed E-state index contributed by atoms with van der Waals surface area (Å²) in [5.74, 6) is 0.552. The molecule has 1 saturated heterocycles. The van der Waals surface area contributed by atoms with E-state index >= 15 is 0 Å². The highest BCUT2D eigenvalue weighted by Crippen LogP contribution is 2.25. The highest BCUT2D eigenvalue weighted by Gasteiger charge is 2.20. The maximum Gasteiger partial charge on any atom is 0.317 e. The zero-order valence-corrected chi connectivity index (χ0v) is 11.8. The average Bonchev–Trinajstić information content (AvgIpc) is 2.96. The van der Waals surface area contributed by atoms with Gasteiger partial charge in [0.1, 0.15) is 0 Å². The molecule has 2 rings (SSSR count). The Labute approximate surface area is 112 Å². The van der Waals surface area contributed by atoms with E-state index in [1.165, 1.54) is 4.88 Å². The third-order valence-corrected chi connectivity index (χ3v) is 4.16. The van der Waals surface area contributed by atoms with Crippen LogP contribution in [0, 0.1) is 5.92 Å². The molecule has 0 saturated carbocycles. The summed E-state index contributed by atoms with van der Waals surface area (Å²) in [5.41, 5.74) is 0. The Morgan fingerprint density at radius 2 is 2.39 bits per heavy atom. The fraction of sp³-hybridized carbons (Fsp3) is 0.615. The minimum atomic E-state index is 0.0639. The number of thiophene rings is 1. The van der Waals surface area contributed by atoms with Gasteiger partial charge in [0, 0.05) is 37.1 Å². The second-order valence-corrected chi connectivity index (χ2v) is 5.89. The zero-order chi connectivity index (χ0) is 13.0. The first-order valence-corrected chi connectivity index (χ1v) is 7.36. The normalized spacial score (nSPS) is 17.3. The first-order chi connectivity index (χ1) is 8.68. The van der Waals surface area contributed by atoms with E-state index in [9.17, 15) is 4.79 Å². The molecule has 1 aromatic heterocycles. The molecule has 1 unspecified atom stereocenters. The number of urea groups is 1. The Bertz CT molecular complexity index is 378. The summed E-state index contributed by atoms with van der Waals surface area (Å²) in [5, 5.41) is 8.49. The number of rotatable bonds is 6. The third-order valence-electron chi connectivity index (χ3n) is 3.21. The van der Waals surface area contributed by atoms with Crippen LogP contribution in [0.3, 0.4) is 0 Å². The van der Waals surface area contributed by atoms with Crippen molar-refractivity contribution in [3.05, 3.63) is 22.4 Å². The molecule has 2 amide bonds. The largest absolute Gasteiger partial charge is 0.336 e. The topological polar surface area (TPSA) is 44.4 Å². The van der Waals surface area contributed by atoms with E-state index < -0.39 is 0 Å². The molecule has 0 radical (unpaired) electrons. The van der Waals surface area contributed by atoms with E-state index in [1.54, 1.807) is 11.3 Å². The van der Waals surface area contributed by atoms with Crippen molar-refractivity contribution in [1.82, 2.24) is 15.5 Å². The van der Waals surface area contributed by atoms with Crippen LogP contribution < -0.4 is 10.6 Å². The molecule has 1 aliphatic rings. The molecule has 0 bridgehead atoms. The number of carbonyl (C=O) groups is 1. The molecule has 1 atom stereocenters. The number of hydrogen-bond donors (Lipinski definition) is 2. The quantitative estimate of drug-likeness (QED) is 0.828. The van der Waals surface area contributed by atoms with Gasteiger partial charge in [0.2, 0.25) is 0 Å². The van der Waals surface area contributed by atoms with Crippen molar-refractivity contribution in [3.8, 4) is 0 Å². The molecular formula is C13H21N3OS. The molecule has 0 aromatic carbocycles. The number of carbonyl (C=O) groups excluding carboxylic acids is 1. The minimum Gasteiger partial charge on any atom is -0.336 e. The average molecular weight is 267 g/mol. The van der Waals surface area contributed by atoms with Gasteiger partial charge in [-0.3, -0.25) is 0 Å². The van der Waals surface area contributed by atoms with Gasteiger partial charge in [0.25, 0.3) is 0 Å². The predicted molar refractivity (Wildman–Crippen MR) is 74.9 cm³/mol. The molecule has 100 valence electrons. The lowest BCUT2D eigenvalue weighted by atomic mass is 10.0. The van der Waals surface area contributed by atoms with Crippen LogP contribution >= 0.6 is 11.3 Å². The van der Waals surface area contributed by atoms with Gasteiger partial charge < -0.3 is 15.5 Å². The standard InChI is InChI=1S/C13H21N3OS/c1-10(2)12(11-4-3-9-18-11)14-5-7-16-8-6-15-13(16)17/h3-4,9-10,12,14H,5-8H2,1-2H3,(H,15,17). The van der Waals surface area contributed by atoms with Gasteiger partial charge in [-0.1, -0.05) is 19.9 Å². The van der Waals surface area contributed by atoms with Crippen LogP contribution in [0.5, 0.6) is 0 Å². The van der Waals surface area contributed by atoms with E-state index in [4.69, 9.17) is 0 Å². The maximum atomic E-state index is 11.4. The molecule has 1 fully saturated rings. The van der Waals surface area contributed by atoms with Crippen LogP contribution in [0.15, 0.2) is 17.5 Å². The van der Waals surface area contributed by atoms with E-state index in [0.717, 1.165) is 26.2 Å². The van der Waals surface area contributed by atoms with Crippen LogP contribution in [0.4, 0.5) is 4.79 Å². The first-order valence-electron chi connectivity index (χ1n) is 6.48. The van der Waals surface area contributed by atoms with Crippen molar-refractivity contribution in [2.45, 2.75) is 19.9 Å². The molecular weight excluding hydrogens is 246 g/mol. The third kappa shape index (κ3) is 3.23. The second kappa shape index (κ2) is 6.20. The Balaban J connectivity index is 1.81. The summed E-state index contributed by atoms with van der Waals surface area (Å²) in [4.78, 5) is 14.6. The minimum absolute atomic E-state index is 0.0639. The Hall–Kier alpha value is -1.07. The molecule has 1 aliphatic heterocycles. The van der Waals surface area contributed by atoms with Crippen LogP contribution in [-0.4, -0.2) is 37.1 Å². The van der Waals surface area contributed by atoms with E-state index in [2.05, 4.69) is 42.0 Å². The maximum absolute atomic E-state index is 11.4. The Kier molecular flexibility index (Phi) is 4.60. The van der Waals surface area contributed by atoms with Crippen molar-refractivity contribution < 1.29 is 4.79 Å². The lowest BCUT2D eigenvalue weighted by Gasteiger charge is -2.23. The van der Waals surface area contributed by atoms with Crippen LogP contribution in [-0.2, 0) is 0 Å². The van der Waals surface area contributed by atoms with E-state index in [0.29, 0.717) is 12.0 Å². The van der Waals surface area contributed by atoms with Gasteiger partial charge in [0.15, 0.2) is 0 Å². The van der Waals surface area contributed by atoms with Gasteiger partial charge in [-0.25, -0.2) is 4.79 Å². The number of nitrogens with zero attached hydrogens (tertiary/aromatic N) is 1. The fourth-order valence-electron chi connectivity index (χ4n) is 2.21. The van der Waals surface area contributed by atoms with E-state index in [1.807, 2.05) is 4.90 Å². The van der Waals surface area contributed by atoms with Crippen molar-refractivity contribution in [3.63, 3.8) is 0 Å². The summed E-state index contributed by atoms with van der Waals surface area (Å²) in [6.07, 6.45) is 0. The van der Waals surface area contributed by atoms with Crippen LogP contribution in [0.25, 0.3) is 0 Å². The number of amides is 2. The Morgan fingerprint density at radius 3 is 2.94 bits per heavy atom. The van der Waals surface area contributed by atoms with Gasteiger partial charge >= 0.3 is 6.03 Å². The molecule has 0 aliphatic carbocycles. The number of nitrogens with one attached hydrogen (secondary N) is 2. The summed E-state index contributed by atoms with van der Waals surface area (Å²) >= 11 is 1.79. The molecule has 2 heterocycles. The van der Waals surface area contributed by atoms with Crippen molar-refractivity contribution in [2.75, 3.05) is 26.2 Å². The molecule has 4 nitrogen and oxygen atoms in total. The summed E-state index contributed by atoms with van der Waals surface area (Å²) in [7, 11) is 0. The van der Waals surface area contributed by atoms with Crippen molar-refractivity contribution in [2.24, 2.45) is 5.92 Å².